The first kappa shape index (κ1) is 76.4. The van der Waals surface area contributed by atoms with Crippen molar-refractivity contribution >= 4 is 82.7 Å². The van der Waals surface area contributed by atoms with Crippen LogP contribution >= 0.6 is 0 Å². The Labute approximate surface area is 328 Å². The summed E-state index contributed by atoms with van der Waals surface area (Å²) >= 11 is 0. The van der Waals surface area contributed by atoms with E-state index >= 15 is 0 Å². The highest BCUT2D eigenvalue weighted by Gasteiger charge is 2.32. The van der Waals surface area contributed by atoms with Crippen LogP contribution in [-0.4, -0.2) is 113 Å². The molecule has 318 valence electrons. The molecule has 0 aliphatic rings. The Bertz CT molecular complexity index is 529. The first-order valence-electron chi connectivity index (χ1n) is 17.6. The van der Waals surface area contributed by atoms with Gasteiger partial charge in [-0.15, -0.1) is 0 Å². The molecule has 8 N–H and O–H groups in total. The van der Waals surface area contributed by atoms with Crippen LogP contribution in [0.1, 0.15) is 0 Å². The first-order chi connectivity index (χ1) is 19.4. The predicted molar refractivity (Wildman–Crippen MR) is 263 cm³/mol. The Balaban J connectivity index is -0.0000000462. The van der Waals surface area contributed by atoms with Gasteiger partial charge in [-0.05, 0) is 151 Å². The van der Waals surface area contributed by atoms with Crippen molar-refractivity contribution < 1.29 is 38.4 Å². The second kappa shape index (κ2) is 30.9. The van der Waals surface area contributed by atoms with Crippen LogP contribution in [0.5, 0.6) is 0 Å². The molecule has 0 fully saturated rings. The maximum atomic E-state index is 8.66. The Kier molecular flexibility index (Phi) is 47.2. The van der Waals surface area contributed by atoms with E-state index in [9.17, 15) is 0 Å². The molecule has 0 rings (SSSR count). The third kappa shape index (κ3) is 627. The lowest BCUT2D eigenvalue weighted by atomic mass is 11.8. The quantitative estimate of drug-likeness (QED) is 0.162. The van der Waals surface area contributed by atoms with Crippen molar-refractivity contribution in [2.45, 2.75) is 203 Å². The van der Waals surface area contributed by atoms with Gasteiger partial charge in [0.1, 0.15) is 0 Å². The van der Waals surface area contributed by atoms with E-state index in [1.807, 2.05) is 78.6 Å². The third-order valence-electron chi connectivity index (χ3n) is 1.19. The fourth-order valence-electron chi connectivity index (χ4n) is 1.75. The second-order valence-corrected chi connectivity index (χ2v) is 70.2. The Morgan fingerprint density at radius 1 is 0.280 bits per heavy atom. The van der Waals surface area contributed by atoms with E-state index in [4.69, 9.17) is 27.4 Å². The van der Waals surface area contributed by atoms with E-state index in [0.29, 0.717) is 0 Å². The summed E-state index contributed by atoms with van der Waals surface area (Å²) in [7, 11) is -12.9. The van der Waals surface area contributed by atoms with Crippen molar-refractivity contribution in [1.82, 2.24) is 0 Å². The average molecular weight is 897 g/mol. The molecule has 0 aliphatic carbocycles. The zero-order valence-corrected chi connectivity index (χ0v) is 50.3. The molecule has 18 heteroatoms. The molecule has 0 radical (unpaired) electrons. The molecule has 0 aromatic heterocycles. The molecule has 0 amide bonds. The summed E-state index contributed by atoms with van der Waals surface area (Å²) in [6, 6.07) is 0. The SMILES string of the molecule is C[Si](C)(C)C.C[Si](C)(C)C.C[Si](C)(C)O.C[Si](C)(C)O.C[Si](C)(C)O.C[Si](C)(C)O.C[Si](C)(C)O[Si](C)(C)C.O.O.[CH2+][Si](C)(C)O[Si](C)(C)C. The second-order valence-electron chi connectivity index (χ2n) is 23.0. The molecule has 0 aromatic rings. The topological polar surface area (TPSA) is 162 Å². The molecule has 0 heterocycles. The minimum atomic E-state index is -1.61. The Hall–Kier alpha value is 1.72. The van der Waals surface area contributed by atoms with E-state index in [0.717, 1.165) is 0 Å². The van der Waals surface area contributed by atoms with E-state index in [1.165, 1.54) is 0 Å². The van der Waals surface area contributed by atoms with Crippen LogP contribution < -0.4 is 0 Å². The van der Waals surface area contributed by atoms with Gasteiger partial charge in [-0.25, -0.2) is 0 Å². The van der Waals surface area contributed by atoms with Crippen LogP contribution in [0.4, 0.5) is 0 Å². The molecular weight excluding hydrogens is 793 g/mol. The van der Waals surface area contributed by atoms with Gasteiger partial charge < -0.3 is 38.4 Å². The summed E-state index contributed by atoms with van der Waals surface area (Å²) in [6.45, 7) is 69.5. The fourth-order valence-corrected chi connectivity index (χ4v) is 15.7. The van der Waals surface area contributed by atoms with Gasteiger partial charge in [0, 0.05) is 22.7 Å². The maximum Gasteiger partial charge on any atom is 0.393 e. The van der Waals surface area contributed by atoms with Gasteiger partial charge in [0.05, 0.1) is 0 Å². The van der Waals surface area contributed by atoms with E-state index in [-0.39, 0.29) is 11.0 Å². The highest BCUT2D eigenvalue weighted by atomic mass is 28.4. The number of hydrogen-bond donors (Lipinski definition) is 4. The van der Waals surface area contributed by atoms with Gasteiger partial charge in [0.2, 0.25) is 0 Å². The summed E-state index contributed by atoms with van der Waals surface area (Å²) in [4.78, 5) is 34.6. The van der Waals surface area contributed by atoms with Gasteiger partial charge in [-0.2, -0.15) is 0 Å². The molecule has 0 unspecified atom stereocenters. The average Bonchev–Trinajstić information content (AvgIpc) is 2.35. The summed E-state index contributed by atoms with van der Waals surface area (Å²) in [5.74, 6) is 0. The van der Waals surface area contributed by atoms with E-state index in [1.54, 1.807) is 0 Å². The summed E-state index contributed by atoms with van der Waals surface area (Å²) < 4.78 is 11.7. The van der Waals surface area contributed by atoms with Crippen molar-refractivity contribution in [3.05, 3.63) is 6.55 Å². The van der Waals surface area contributed by atoms with Crippen molar-refractivity contribution in [1.29, 1.82) is 0 Å². The van der Waals surface area contributed by atoms with Crippen molar-refractivity contribution in [3.63, 3.8) is 0 Å². The number of hydrogen-bond acceptors (Lipinski definition) is 6. The lowest BCUT2D eigenvalue weighted by Crippen LogP contribution is -2.40. The normalized spacial score (nSPS) is 12.2. The molecule has 0 atom stereocenters. The minimum Gasteiger partial charge on any atom is -0.456 e. The van der Waals surface area contributed by atoms with Gasteiger partial charge >= 0.3 is 8.32 Å². The van der Waals surface area contributed by atoms with E-state index < -0.39 is 82.7 Å². The lowest BCUT2D eigenvalue weighted by Gasteiger charge is -2.27. The minimum absolute atomic E-state index is 0. The first-order valence-corrected chi connectivity index (χ1v) is 52.7. The molecule has 50 heavy (non-hydrogen) atoms. The molecule has 0 saturated carbocycles. The highest BCUT2D eigenvalue weighted by molar-refractivity contribution is 6.85. The maximum absolute atomic E-state index is 8.66. The fraction of sp³-hybridized carbons (Fsp3) is 0.969. The van der Waals surface area contributed by atoms with Crippen LogP contribution in [0.25, 0.3) is 0 Å². The van der Waals surface area contributed by atoms with Crippen LogP contribution in [-0.2, 0) is 8.23 Å². The third-order valence-corrected chi connectivity index (χ3v) is 10.8. The zero-order chi connectivity index (χ0) is 42.4. The molecule has 0 aromatic carbocycles. The molecular formula is C32H103O8Si10+. The zero-order valence-electron chi connectivity index (χ0n) is 40.3. The highest BCUT2D eigenvalue weighted by Crippen LogP contribution is 2.13. The largest absolute Gasteiger partial charge is 0.456 e. The standard InChI is InChI=1S/C6H18OSi2.C6H17OSi2.2C4H12Si.4C3H10OSi.2H2O/c2*1-8(2,3)7-9(4,5)6;6*1-5(2,3)4;;/h1-6H3;1H2,2-6H3;2*1-4H3;4*4H,1-3H3;2*1H2/q;+1;;;;;;;;. The van der Waals surface area contributed by atoms with Crippen molar-refractivity contribution in [3.8, 4) is 0 Å². The van der Waals surface area contributed by atoms with Crippen LogP contribution in [0, 0.1) is 6.55 Å². The molecule has 0 aliphatic heterocycles. The predicted octanol–water partition coefficient (Wildman–Crippen LogP) is 10.6. The monoisotopic (exact) mass is 896 g/mol. The Morgan fingerprint density at radius 2 is 0.360 bits per heavy atom. The van der Waals surface area contributed by atoms with Crippen LogP contribution in [0.15, 0.2) is 0 Å². The van der Waals surface area contributed by atoms with Crippen molar-refractivity contribution in [2.24, 2.45) is 0 Å². The van der Waals surface area contributed by atoms with Gasteiger partial charge in [0.15, 0.2) is 58.2 Å². The van der Waals surface area contributed by atoms with E-state index in [2.05, 4.69) is 131 Å². The summed E-state index contributed by atoms with van der Waals surface area (Å²) in [6.07, 6.45) is 0. The van der Waals surface area contributed by atoms with Gasteiger partial charge in [-0.3, -0.25) is 0 Å². The van der Waals surface area contributed by atoms with Crippen LogP contribution in [0.3, 0.4) is 0 Å². The van der Waals surface area contributed by atoms with Crippen LogP contribution in [0.2, 0.25) is 203 Å². The Morgan fingerprint density at radius 3 is 0.360 bits per heavy atom. The molecule has 0 bridgehead atoms. The van der Waals surface area contributed by atoms with Gasteiger partial charge in [0.25, 0.3) is 0 Å². The summed E-state index contributed by atoms with van der Waals surface area (Å²) in [5, 5.41) is 0. The lowest BCUT2D eigenvalue weighted by molar-refractivity contribution is 0.558. The molecule has 8 nitrogen and oxygen atoms in total. The van der Waals surface area contributed by atoms with Gasteiger partial charge in [-0.1, -0.05) is 52.4 Å². The molecule has 0 spiro atoms. The number of rotatable bonds is 4. The smallest absolute Gasteiger partial charge is 0.393 e. The summed E-state index contributed by atoms with van der Waals surface area (Å²) in [5.41, 5.74) is 0. The van der Waals surface area contributed by atoms with Crippen molar-refractivity contribution in [2.75, 3.05) is 0 Å². The molecule has 0 saturated heterocycles.